The molecular formula is C17H21ClFNO4. The lowest BCUT2D eigenvalue weighted by Crippen LogP contribution is -2.39. The third-order valence-corrected chi connectivity index (χ3v) is 3.33. The van der Waals surface area contributed by atoms with Crippen LogP contribution < -0.4 is 5.32 Å². The number of amides is 1. The summed E-state index contributed by atoms with van der Waals surface area (Å²) in [7, 11) is 0. The van der Waals surface area contributed by atoms with Crippen LogP contribution in [-0.2, 0) is 19.1 Å². The van der Waals surface area contributed by atoms with Crippen LogP contribution in [0.15, 0.2) is 30.9 Å². The van der Waals surface area contributed by atoms with E-state index in [0.717, 1.165) is 6.07 Å². The van der Waals surface area contributed by atoms with Crippen molar-refractivity contribution in [2.75, 3.05) is 11.9 Å². The van der Waals surface area contributed by atoms with Crippen molar-refractivity contribution in [2.45, 2.75) is 33.0 Å². The number of anilines is 1. The molecule has 0 radical (unpaired) electrons. The number of hydrogen-bond acceptors (Lipinski definition) is 4. The monoisotopic (exact) mass is 357 g/mol. The van der Waals surface area contributed by atoms with E-state index < -0.39 is 29.9 Å². The highest BCUT2D eigenvalue weighted by atomic mass is 35.5. The third-order valence-electron chi connectivity index (χ3n) is 3.09. The molecule has 1 amide bonds. The van der Waals surface area contributed by atoms with Crippen molar-refractivity contribution >= 4 is 29.2 Å². The van der Waals surface area contributed by atoms with E-state index in [9.17, 15) is 14.0 Å². The highest BCUT2D eigenvalue weighted by Crippen LogP contribution is 2.20. The molecule has 0 saturated heterocycles. The zero-order valence-corrected chi connectivity index (χ0v) is 14.6. The van der Waals surface area contributed by atoms with Crippen molar-refractivity contribution in [3.63, 3.8) is 0 Å². The van der Waals surface area contributed by atoms with Gasteiger partial charge >= 0.3 is 5.97 Å². The first-order chi connectivity index (χ1) is 11.3. The predicted octanol–water partition coefficient (Wildman–Crippen LogP) is 3.58. The van der Waals surface area contributed by atoms with E-state index in [1.165, 1.54) is 25.1 Å². The number of esters is 1. The van der Waals surface area contributed by atoms with Crippen LogP contribution in [0.1, 0.15) is 20.8 Å². The van der Waals surface area contributed by atoms with Gasteiger partial charge in [-0.3, -0.25) is 4.79 Å². The number of nitrogens with one attached hydrogen (secondary N) is 1. The lowest BCUT2D eigenvalue weighted by Gasteiger charge is -2.22. The molecular weight excluding hydrogens is 337 g/mol. The van der Waals surface area contributed by atoms with Gasteiger partial charge < -0.3 is 14.8 Å². The lowest BCUT2D eigenvalue weighted by atomic mass is 10.1. The maximum atomic E-state index is 13.8. The Morgan fingerprint density at radius 3 is 2.58 bits per heavy atom. The molecule has 0 fully saturated rings. The molecule has 132 valence electrons. The van der Waals surface area contributed by atoms with Crippen LogP contribution in [0.25, 0.3) is 0 Å². The Hall–Kier alpha value is -1.92. The molecule has 0 spiro atoms. The van der Waals surface area contributed by atoms with Gasteiger partial charge in [0, 0.05) is 5.02 Å². The normalized spacial score (nSPS) is 13.2. The van der Waals surface area contributed by atoms with E-state index in [1.54, 1.807) is 13.8 Å². The highest BCUT2D eigenvalue weighted by Gasteiger charge is 2.29. The summed E-state index contributed by atoms with van der Waals surface area (Å²) in [6.07, 6.45) is -0.425. The van der Waals surface area contributed by atoms with Crippen molar-refractivity contribution < 1.29 is 23.5 Å². The summed E-state index contributed by atoms with van der Waals surface area (Å²) >= 11 is 5.67. The van der Waals surface area contributed by atoms with Gasteiger partial charge in [-0.25, -0.2) is 9.18 Å². The average molecular weight is 358 g/mol. The van der Waals surface area contributed by atoms with Crippen LogP contribution in [-0.4, -0.2) is 30.7 Å². The van der Waals surface area contributed by atoms with Gasteiger partial charge in [-0.2, -0.15) is 0 Å². The van der Waals surface area contributed by atoms with Crippen molar-refractivity contribution in [3.05, 3.63) is 41.7 Å². The summed E-state index contributed by atoms with van der Waals surface area (Å²) in [5.41, 5.74) is -0.0398. The number of halogens is 2. The highest BCUT2D eigenvalue weighted by molar-refractivity contribution is 6.30. The average Bonchev–Trinajstić information content (AvgIpc) is 2.52. The van der Waals surface area contributed by atoms with Gasteiger partial charge in [0.05, 0.1) is 12.3 Å². The summed E-state index contributed by atoms with van der Waals surface area (Å²) < 4.78 is 24.1. The minimum absolute atomic E-state index is 0.0398. The summed E-state index contributed by atoms with van der Waals surface area (Å²) in [5.74, 6) is -2.29. The Morgan fingerprint density at radius 2 is 2.04 bits per heavy atom. The van der Waals surface area contributed by atoms with Crippen LogP contribution in [0.2, 0.25) is 5.02 Å². The number of carbonyl (C=O) groups is 2. The van der Waals surface area contributed by atoms with E-state index in [0.29, 0.717) is 0 Å². The molecule has 1 aromatic rings. The van der Waals surface area contributed by atoms with Gasteiger partial charge in [0.1, 0.15) is 5.82 Å². The van der Waals surface area contributed by atoms with Gasteiger partial charge in [-0.1, -0.05) is 31.5 Å². The number of hydrogen-bond donors (Lipinski definition) is 1. The van der Waals surface area contributed by atoms with Gasteiger partial charge in [0.2, 0.25) is 0 Å². The molecule has 0 saturated carbocycles. The lowest BCUT2D eigenvalue weighted by molar-refractivity contribution is -0.166. The van der Waals surface area contributed by atoms with Gasteiger partial charge in [0.15, 0.2) is 12.2 Å². The standard InChI is InChI=1S/C17H21ClFNO4/c1-5-8-23-11(4)17(22)24-15(10(2)3)16(21)20-14-7-6-12(18)9-13(14)19/h5-7,9-11,15H,1,8H2,2-4H3,(H,20,21). The van der Waals surface area contributed by atoms with E-state index in [-0.39, 0.29) is 23.2 Å². The number of carbonyl (C=O) groups excluding carboxylic acids is 2. The fourth-order valence-electron chi connectivity index (χ4n) is 1.79. The minimum atomic E-state index is -1.08. The third kappa shape index (κ3) is 5.94. The first kappa shape index (κ1) is 20.1. The summed E-state index contributed by atoms with van der Waals surface area (Å²) in [6.45, 7) is 8.61. The van der Waals surface area contributed by atoms with E-state index in [4.69, 9.17) is 21.1 Å². The Kier molecular flexibility index (Phi) is 7.88. The molecule has 1 aromatic carbocycles. The smallest absolute Gasteiger partial charge is 0.335 e. The van der Waals surface area contributed by atoms with Crippen LogP contribution in [0.3, 0.4) is 0 Å². The van der Waals surface area contributed by atoms with Crippen molar-refractivity contribution in [2.24, 2.45) is 5.92 Å². The van der Waals surface area contributed by atoms with E-state index in [2.05, 4.69) is 11.9 Å². The topological polar surface area (TPSA) is 64.6 Å². The Bertz CT molecular complexity index is 606. The second-order valence-corrected chi connectivity index (χ2v) is 5.92. The zero-order valence-electron chi connectivity index (χ0n) is 13.8. The summed E-state index contributed by atoms with van der Waals surface area (Å²) in [4.78, 5) is 24.3. The predicted molar refractivity (Wildman–Crippen MR) is 90.4 cm³/mol. The fraction of sp³-hybridized carbons (Fsp3) is 0.412. The second kappa shape index (κ2) is 9.39. The quantitative estimate of drug-likeness (QED) is 0.570. The van der Waals surface area contributed by atoms with Crippen molar-refractivity contribution in [3.8, 4) is 0 Å². The van der Waals surface area contributed by atoms with Crippen LogP contribution >= 0.6 is 11.6 Å². The molecule has 0 aliphatic heterocycles. The Labute approximate surface area is 145 Å². The van der Waals surface area contributed by atoms with Gasteiger partial charge in [-0.15, -0.1) is 6.58 Å². The molecule has 2 unspecified atom stereocenters. The number of ether oxygens (including phenoxy) is 2. The molecule has 1 N–H and O–H groups in total. The molecule has 0 heterocycles. The SMILES string of the molecule is C=CCOC(C)C(=O)OC(C(=O)Nc1ccc(Cl)cc1F)C(C)C. The molecule has 24 heavy (non-hydrogen) atoms. The molecule has 0 bridgehead atoms. The molecule has 5 nitrogen and oxygen atoms in total. The second-order valence-electron chi connectivity index (χ2n) is 5.48. The zero-order chi connectivity index (χ0) is 18.3. The maximum absolute atomic E-state index is 13.8. The molecule has 0 aliphatic carbocycles. The summed E-state index contributed by atoms with van der Waals surface area (Å²) in [5, 5.41) is 2.61. The molecule has 7 heteroatoms. The maximum Gasteiger partial charge on any atom is 0.335 e. The summed E-state index contributed by atoms with van der Waals surface area (Å²) in [6, 6.07) is 3.87. The van der Waals surface area contributed by atoms with Gasteiger partial charge in [0.25, 0.3) is 5.91 Å². The van der Waals surface area contributed by atoms with Crippen LogP contribution in [0.4, 0.5) is 10.1 Å². The minimum Gasteiger partial charge on any atom is -0.450 e. The Morgan fingerprint density at radius 1 is 1.38 bits per heavy atom. The Balaban J connectivity index is 2.78. The first-order valence-corrected chi connectivity index (χ1v) is 7.83. The van der Waals surface area contributed by atoms with E-state index in [1.807, 2.05) is 0 Å². The molecule has 0 aliphatic rings. The number of rotatable bonds is 8. The largest absolute Gasteiger partial charge is 0.450 e. The van der Waals surface area contributed by atoms with Crippen LogP contribution in [0.5, 0.6) is 0 Å². The van der Waals surface area contributed by atoms with Gasteiger partial charge in [-0.05, 0) is 31.0 Å². The van der Waals surface area contributed by atoms with Crippen LogP contribution in [0, 0.1) is 11.7 Å². The first-order valence-electron chi connectivity index (χ1n) is 7.45. The van der Waals surface area contributed by atoms with Crippen molar-refractivity contribution in [1.29, 1.82) is 0 Å². The van der Waals surface area contributed by atoms with E-state index >= 15 is 0 Å². The number of benzene rings is 1. The van der Waals surface area contributed by atoms with Crippen molar-refractivity contribution in [1.82, 2.24) is 0 Å². The molecule has 1 rings (SSSR count). The fourth-order valence-corrected chi connectivity index (χ4v) is 1.95. The molecule has 2 atom stereocenters. The molecule has 0 aromatic heterocycles.